The van der Waals surface area contributed by atoms with Crippen LogP contribution in [0.1, 0.15) is 60.9 Å². The van der Waals surface area contributed by atoms with Crippen LogP contribution in [0.4, 0.5) is 0 Å². The van der Waals surface area contributed by atoms with E-state index in [2.05, 4.69) is 11.9 Å². The van der Waals surface area contributed by atoms with Crippen LogP contribution < -0.4 is 5.56 Å². The lowest BCUT2D eigenvalue weighted by Crippen LogP contribution is -2.41. The number of carbonyl (C=O) groups is 1. The predicted molar refractivity (Wildman–Crippen MR) is 102 cm³/mol. The number of aromatic nitrogens is 1. The number of pyridine rings is 1. The number of rotatable bonds is 4. The van der Waals surface area contributed by atoms with Gasteiger partial charge in [0.1, 0.15) is 0 Å². The maximum absolute atomic E-state index is 13.4. The van der Waals surface area contributed by atoms with Crippen molar-refractivity contribution >= 4 is 16.9 Å². The SMILES string of the molecule is CCCn1c(=O)c(C2CC3CCC(C2)N3C)c(C(=O)O)c2ccccc21. The average molecular weight is 354 g/mol. The largest absolute Gasteiger partial charge is 0.478 e. The Hall–Kier alpha value is -2.14. The van der Waals surface area contributed by atoms with Crippen LogP contribution in [0.15, 0.2) is 29.1 Å². The summed E-state index contributed by atoms with van der Waals surface area (Å²) < 4.78 is 1.79. The van der Waals surface area contributed by atoms with Crippen LogP contribution in [0.3, 0.4) is 0 Å². The van der Waals surface area contributed by atoms with Gasteiger partial charge in [-0.2, -0.15) is 0 Å². The number of hydrogen-bond acceptors (Lipinski definition) is 3. The molecule has 5 heteroatoms. The summed E-state index contributed by atoms with van der Waals surface area (Å²) in [4.78, 5) is 28.0. The van der Waals surface area contributed by atoms with E-state index in [-0.39, 0.29) is 17.0 Å². The number of fused-ring (bicyclic) bond motifs is 3. The highest BCUT2D eigenvalue weighted by molar-refractivity contribution is 6.04. The van der Waals surface area contributed by atoms with Gasteiger partial charge in [-0.25, -0.2) is 4.79 Å². The maximum atomic E-state index is 13.4. The van der Waals surface area contributed by atoms with E-state index >= 15 is 0 Å². The summed E-state index contributed by atoms with van der Waals surface area (Å²) in [7, 11) is 2.16. The van der Waals surface area contributed by atoms with Crippen molar-refractivity contribution in [3.63, 3.8) is 0 Å². The fourth-order valence-corrected chi connectivity index (χ4v) is 5.13. The fourth-order valence-electron chi connectivity index (χ4n) is 5.13. The zero-order chi connectivity index (χ0) is 18.4. The number of aryl methyl sites for hydroxylation is 1. The van der Waals surface area contributed by atoms with Gasteiger partial charge < -0.3 is 14.6 Å². The summed E-state index contributed by atoms with van der Waals surface area (Å²) in [5.74, 6) is -0.946. The zero-order valence-corrected chi connectivity index (χ0v) is 15.4. The number of aromatic carboxylic acids is 1. The van der Waals surface area contributed by atoms with E-state index in [0.29, 0.717) is 29.6 Å². The highest BCUT2D eigenvalue weighted by atomic mass is 16.4. The molecule has 26 heavy (non-hydrogen) atoms. The molecule has 0 saturated carbocycles. The van der Waals surface area contributed by atoms with Crippen molar-refractivity contribution in [3.8, 4) is 0 Å². The molecule has 2 aromatic rings. The molecule has 3 heterocycles. The van der Waals surface area contributed by atoms with Crippen LogP contribution in [0.2, 0.25) is 0 Å². The summed E-state index contributed by atoms with van der Waals surface area (Å²) in [6.45, 7) is 2.66. The van der Waals surface area contributed by atoms with Crippen molar-refractivity contribution in [1.29, 1.82) is 0 Å². The molecule has 2 saturated heterocycles. The zero-order valence-electron chi connectivity index (χ0n) is 15.4. The van der Waals surface area contributed by atoms with Gasteiger partial charge in [-0.3, -0.25) is 4.79 Å². The second-order valence-electron chi connectivity index (χ2n) is 7.79. The van der Waals surface area contributed by atoms with Gasteiger partial charge in [-0.05, 0) is 51.1 Å². The van der Waals surface area contributed by atoms with Crippen LogP contribution in [-0.2, 0) is 6.54 Å². The fraction of sp³-hybridized carbons (Fsp3) is 0.524. The number of nitrogens with zero attached hydrogens (tertiary/aromatic N) is 2. The molecule has 2 unspecified atom stereocenters. The van der Waals surface area contributed by atoms with Crippen molar-refractivity contribution in [3.05, 3.63) is 45.7 Å². The van der Waals surface area contributed by atoms with Crippen LogP contribution in [0, 0.1) is 0 Å². The Labute approximate surface area is 153 Å². The van der Waals surface area contributed by atoms with E-state index in [4.69, 9.17) is 0 Å². The molecule has 138 valence electrons. The predicted octanol–water partition coefficient (Wildman–Crippen LogP) is 3.45. The minimum absolute atomic E-state index is 0.0370. The van der Waals surface area contributed by atoms with E-state index in [1.165, 1.54) is 0 Å². The number of hydrogen-bond donors (Lipinski definition) is 1. The standard InChI is InChI=1S/C21H26N2O3/c1-3-10-23-17-7-5-4-6-16(17)19(21(25)26)18(20(23)24)13-11-14-8-9-15(12-13)22(14)2/h4-7,13-15H,3,8-12H2,1-2H3,(H,25,26). The number of carboxylic acid groups (broad SMARTS) is 1. The summed E-state index contributed by atoms with van der Waals surface area (Å²) >= 11 is 0. The monoisotopic (exact) mass is 354 g/mol. The third-order valence-electron chi connectivity index (χ3n) is 6.38. The molecular weight excluding hydrogens is 328 g/mol. The van der Waals surface area contributed by atoms with E-state index in [1.807, 2.05) is 31.2 Å². The molecule has 0 radical (unpaired) electrons. The van der Waals surface area contributed by atoms with Gasteiger partial charge in [-0.1, -0.05) is 25.1 Å². The minimum atomic E-state index is -0.983. The van der Waals surface area contributed by atoms with Gasteiger partial charge in [0.25, 0.3) is 5.56 Å². The Morgan fingerprint density at radius 1 is 1.19 bits per heavy atom. The lowest BCUT2D eigenvalue weighted by molar-refractivity contribution is 0.0695. The Bertz CT molecular complexity index is 903. The molecule has 2 bridgehead atoms. The number of para-hydroxylation sites is 1. The molecule has 1 aromatic carbocycles. The first-order valence-electron chi connectivity index (χ1n) is 9.63. The third-order valence-corrected chi connectivity index (χ3v) is 6.38. The van der Waals surface area contributed by atoms with E-state index in [9.17, 15) is 14.7 Å². The van der Waals surface area contributed by atoms with Crippen LogP contribution >= 0.6 is 0 Å². The molecule has 0 amide bonds. The first-order valence-corrected chi connectivity index (χ1v) is 9.63. The lowest BCUT2D eigenvalue weighted by atomic mass is 9.82. The Kier molecular flexibility index (Phi) is 4.35. The van der Waals surface area contributed by atoms with Crippen molar-refractivity contribution < 1.29 is 9.90 Å². The number of carboxylic acids is 1. The Morgan fingerprint density at radius 2 is 1.85 bits per heavy atom. The first-order chi connectivity index (χ1) is 12.5. The van der Waals surface area contributed by atoms with Gasteiger partial charge >= 0.3 is 5.97 Å². The summed E-state index contributed by atoms with van der Waals surface area (Å²) in [5, 5.41) is 10.7. The van der Waals surface area contributed by atoms with Crippen LogP contribution in [0.25, 0.3) is 10.9 Å². The molecule has 1 N–H and O–H groups in total. The van der Waals surface area contributed by atoms with Crippen LogP contribution in [0.5, 0.6) is 0 Å². The van der Waals surface area contributed by atoms with E-state index < -0.39 is 5.97 Å². The lowest BCUT2D eigenvalue weighted by Gasteiger charge is -2.37. The second-order valence-corrected chi connectivity index (χ2v) is 7.79. The maximum Gasteiger partial charge on any atom is 0.336 e. The topological polar surface area (TPSA) is 62.5 Å². The average Bonchev–Trinajstić information content (AvgIpc) is 2.84. The summed E-state index contributed by atoms with van der Waals surface area (Å²) in [6.07, 6.45) is 4.90. The van der Waals surface area contributed by atoms with Gasteiger partial charge in [0, 0.05) is 29.6 Å². The van der Waals surface area contributed by atoms with E-state index in [0.717, 1.165) is 37.6 Å². The molecule has 2 aliphatic heterocycles. The smallest absolute Gasteiger partial charge is 0.336 e. The Morgan fingerprint density at radius 3 is 2.46 bits per heavy atom. The molecule has 1 aromatic heterocycles. The first kappa shape index (κ1) is 17.3. The molecule has 5 nitrogen and oxygen atoms in total. The van der Waals surface area contributed by atoms with Gasteiger partial charge in [0.05, 0.1) is 11.1 Å². The molecule has 2 fully saturated rings. The highest BCUT2D eigenvalue weighted by Crippen LogP contribution is 2.42. The number of piperidine rings is 1. The Balaban J connectivity index is 1.96. The summed E-state index contributed by atoms with van der Waals surface area (Å²) in [5.41, 5.74) is 1.40. The molecule has 4 rings (SSSR count). The minimum Gasteiger partial charge on any atom is -0.478 e. The van der Waals surface area contributed by atoms with E-state index in [1.54, 1.807) is 4.57 Å². The number of benzene rings is 1. The third kappa shape index (κ3) is 2.57. The molecule has 0 spiro atoms. The van der Waals surface area contributed by atoms with Gasteiger partial charge in [0.15, 0.2) is 0 Å². The second kappa shape index (κ2) is 6.54. The molecule has 0 aliphatic carbocycles. The summed E-state index contributed by atoms with van der Waals surface area (Å²) in [6, 6.07) is 8.36. The van der Waals surface area contributed by atoms with Gasteiger partial charge in [-0.15, -0.1) is 0 Å². The normalized spacial score (nSPS) is 25.7. The van der Waals surface area contributed by atoms with Gasteiger partial charge in [0.2, 0.25) is 0 Å². The highest BCUT2D eigenvalue weighted by Gasteiger charge is 2.41. The molecule has 2 aliphatic rings. The van der Waals surface area contributed by atoms with Crippen molar-refractivity contribution in [2.24, 2.45) is 0 Å². The van der Waals surface area contributed by atoms with Crippen molar-refractivity contribution in [1.82, 2.24) is 9.47 Å². The van der Waals surface area contributed by atoms with Crippen LogP contribution in [-0.4, -0.2) is 39.7 Å². The quantitative estimate of drug-likeness (QED) is 0.913. The van der Waals surface area contributed by atoms with Crippen molar-refractivity contribution in [2.75, 3.05) is 7.05 Å². The van der Waals surface area contributed by atoms with Crippen molar-refractivity contribution in [2.45, 2.75) is 63.6 Å². The molecule has 2 atom stereocenters. The molecular formula is C21H26N2O3.